The first-order chi connectivity index (χ1) is 7.10. The average molecular weight is 216 g/mol. The minimum atomic E-state index is -0.719. The lowest BCUT2D eigenvalue weighted by atomic mass is 9.67. The molecule has 1 aliphatic carbocycles. The van der Waals surface area contributed by atoms with Crippen LogP contribution in [0.5, 0.6) is 0 Å². The van der Waals surface area contributed by atoms with Gasteiger partial charge in [-0.15, -0.1) is 10.1 Å². The molecule has 0 amide bonds. The predicted octanol–water partition coefficient (Wildman–Crippen LogP) is 1.74. The number of nitrogens with two attached hydrogens (primary N) is 1. The fourth-order valence-electron chi connectivity index (χ4n) is 2.50. The van der Waals surface area contributed by atoms with Gasteiger partial charge < -0.3 is 10.6 Å². The predicted molar refractivity (Wildman–Crippen MR) is 56.7 cm³/mol. The molecule has 0 bridgehead atoms. The molecule has 1 saturated carbocycles. The summed E-state index contributed by atoms with van der Waals surface area (Å²) in [5.74, 6) is 0.160. The van der Waals surface area contributed by atoms with Gasteiger partial charge in [0.05, 0.1) is 6.61 Å². The maximum absolute atomic E-state index is 10.1. The molecule has 5 nitrogen and oxygen atoms in total. The Kier molecular flexibility index (Phi) is 4.32. The largest absolute Gasteiger partial charge is 0.330 e. The quantitative estimate of drug-likeness (QED) is 0.560. The van der Waals surface area contributed by atoms with E-state index in [2.05, 4.69) is 4.84 Å². The summed E-state index contributed by atoms with van der Waals surface area (Å²) in [6.07, 6.45) is 5.77. The van der Waals surface area contributed by atoms with Gasteiger partial charge in [-0.2, -0.15) is 0 Å². The highest BCUT2D eigenvalue weighted by Crippen LogP contribution is 2.41. The molecule has 1 fully saturated rings. The smallest absolute Gasteiger partial charge is 0.294 e. The number of rotatable bonds is 5. The van der Waals surface area contributed by atoms with Gasteiger partial charge in [-0.1, -0.05) is 26.2 Å². The monoisotopic (exact) mass is 216 g/mol. The number of hydrogen-bond acceptors (Lipinski definition) is 4. The van der Waals surface area contributed by atoms with Gasteiger partial charge in [0.15, 0.2) is 0 Å². The first kappa shape index (κ1) is 12.2. The molecule has 0 aliphatic heterocycles. The highest BCUT2D eigenvalue weighted by Gasteiger charge is 2.36. The molecule has 1 aliphatic rings. The average Bonchev–Trinajstić information content (AvgIpc) is 2.26. The van der Waals surface area contributed by atoms with E-state index in [0.717, 1.165) is 12.8 Å². The zero-order valence-corrected chi connectivity index (χ0v) is 9.28. The second-order valence-electron chi connectivity index (χ2n) is 4.55. The maximum atomic E-state index is 10.1. The van der Waals surface area contributed by atoms with Crippen molar-refractivity contribution in [3.05, 3.63) is 10.1 Å². The number of hydrogen-bond donors (Lipinski definition) is 1. The summed E-state index contributed by atoms with van der Waals surface area (Å²) in [6.45, 7) is 2.78. The van der Waals surface area contributed by atoms with E-state index in [-0.39, 0.29) is 17.9 Å². The van der Waals surface area contributed by atoms with Gasteiger partial charge in [0, 0.05) is 0 Å². The van der Waals surface area contributed by atoms with Crippen LogP contribution in [-0.2, 0) is 4.84 Å². The molecule has 0 aromatic carbocycles. The van der Waals surface area contributed by atoms with Crippen LogP contribution in [-0.4, -0.2) is 18.2 Å². The number of nitrogens with zero attached hydrogens (tertiary/aromatic N) is 1. The summed E-state index contributed by atoms with van der Waals surface area (Å²) >= 11 is 0. The van der Waals surface area contributed by atoms with Gasteiger partial charge in [0.2, 0.25) is 0 Å². The Hall–Kier alpha value is -0.840. The van der Waals surface area contributed by atoms with E-state index in [1.807, 2.05) is 6.92 Å². The Labute approximate surface area is 90.1 Å². The first-order valence-electron chi connectivity index (χ1n) is 5.58. The van der Waals surface area contributed by atoms with E-state index < -0.39 is 5.09 Å². The Morgan fingerprint density at radius 3 is 2.53 bits per heavy atom. The van der Waals surface area contributed by atoms with Gasteiger partial charge >= 0.3 is 0 Å². The van der Waals surface area contributed by atoms with Crippen molar-refractivity contribution >= 4 is 0 Å². The van der Waals surface area contributed by atoms with E-state index in [1.165, 1.54) is 19.3 Å². The molecule has 0 aromatic rings. The highest BCUT2D eigenvalue weighted by atomic mass is 16.9. The Bertz CT molecular complexity index is 215. The van der Waals surface area contributed by atoms with E-state index in [9.17, 15) is 10.1 Å². The van der Waals surface area contributed by atoms with Gasteiger partial charge in [0.1, 0.15) is 0 Å². The molecule has 1 rings (SSSR count). The third-order valence-electron chi connectivity index (χ3n) is 3.73. The summed E-state index contributed by atoms with van der Waals surface area (Å²) in [6, 6.07) is 0. The normalized spacial score (nSPS) is 22.0. The van der Waals surface area contributed by atoms with Crippen molar-refractivity contribution < 1.29 is 9.92 Å². The molecule has 0 heterocycles. The molecule has 0 saturated heterocycles. The lowest BCUT2D eigenvalue weighted by molar-refractivity contribution is -0.759. The molecule has 0 radical (unpaired) electrons. The molecule has 0 aromatic heterocycles. The molecular weight excluding hydrogens is 196 g/mol. The van der Waals surface area contributed by atoms with Gasteiger partial charge in [-0.25, -0.2) is 0 Å². The van der Waals surface area contributed by atoms with Crippen molar-refractivity contribution in [1.82, 2.24) is 0 Å². The van der Waals surface area contributed by atoms with Gasteiger partial charge in [-0.05, 0) is 30.7 Å². The molecule has 88 valence electrons. The molecule has 2 N–H and O–H groups in total. The standard InChI is InChI=1S/C10H20N2O3/c1-9(7-15-12(13)14)10(8-11)5-3-2-4-6-10/h9H,2-8,11H2,1H3. The second kappa shape index (κ2) is 5.30. The highest BCUT2D eigenvalue weighted by molar-refractivity contribution is 4.87. The summed E-state index contributed by atoms with van der Waals surface area (Å²) in [4.78, 5) is 14.6. The minimum Gasteiger partial charge on any atom is -0.330 e. The molecular formula is C10H20N2O3. The minimum absolute atomic E-state index is 0.0638. The van der Waals surface area contributed by atoms with Crippen LogP contribution in [0.15, 0.2) is 0 Å². The first-order valence-corrected chi connectivity index (χ1v) is 5.58. The van der Waals surface area contributed by atoms with E-state index in [0.29, 0.717) is 6.54 Å². The second-order valence-corrected chi connectivity index (χ2v) is 4.55. The fourth-order valence-corrected chi connectivity index (χ4v) is 2.50. The van der Waals surface area contributed by atoms with E-state index >= 15 is 0 Å². The van der Waals surface area contributed by atoms with Crippen molar-refractivity contribution in [1.29, 1.82) is 0 Å². The van der Waals surface area contributed by atoms with E-state index in [4.69, 9.17) is 5.73 Å². The van der Waals surface area contributed by atoms with Gasteiger partial charge in [-0.3, -0.25) is 0 Å². The Morgan fingerprint density at radius 1 is 1.47 bits per heavy atom. The lowest BCUT2D eigenvalue weighted by Crippen LogP contribution is -2.40. The lowest BCUT2D eigenvalue weighted by Gasteiger charge is -2.41. The van der Waals surface area contributed by atoms with Crippen LogP contribution in [0.4, 0.5) is 0 Å². The Balaban J connectivity index is 2.51. The van der Waals surface area contributed by atoms with Crippen molar-refractivity contribution in [3.63, 3.8) is 0 Å². The summed E-state index contributed by atoms with van der Waals surface area (Å²) in [5.41, 5.74) is 5.88. The van der Waals surface area contributed by atoms with Crippen molar-refractivity contribution in [3.8, 4) is 0 Å². The van der Waals surface area contributed by atoms with E-state index in [1.54, 1.807) is 0 Å². The van der Waals surface area contributed by atoms with Crippen LogP contribution in [0.1, 0.15) is 39.0 Å². The molecule has 1 atom stereocenters. The molecule has 0 spiro atoms. The summed E-state index contributed by atoms with van der Waals surface area (Å²) < 4.78 is 0. The van der Waals surface area contributed by atoms with Crippen LogP contribution in [0, 0.1) is 21.4 Å². The fraction of sp³-hybridized carbons (Fsp3) is 1.00. The van der Waals surface area contributed by atoms with Crippen molar-refractivity contribution in [2.24, 2.45) is 17.1 Å². The summed E-state index contributed by atoms with van der Waals surface area (Å²) in [7, 11) is 0. The van der Waals surface area contributed by atoms with Gasteiger partial charge in [0.25, 0.3) is 5.09 Å². The zero-order valence-electron chi connectivity index (χ0n) is 9.28. The molecule has 1 unspecified atom stereocenters. The third-order valence-corrected chi connectivity index (χ3v) is 3.73. The molecule has 15 heavy (non-hydrogen) atoms. The van der Waals surface area contributed by atoms with Crippen LogP contribution in [0.3, 0.4) is 0 Å². The van der Waals surface area contributed by atoms with Crippen molar-refractivity contribution in [2.45, 2.75) is 39.0 Å². The van der Waals surface area contributed by atoms with Crippen LogP contribution < -0.4 is 5.73 Å². The third kappa shape index (κ3) is 3.06. The summed E-state index contributed by atoms with van der Waals surface area (Å²) in [5, 5.41) is 9.41. The molecule has 5 heteroatoms. The zero-order chi connectivity index (χ0) is 11.3. The van der Waals surface area contributed by atoms with Crippen LogP contribution >= 0.6 is 0 Å². The Morgan fingerprint density at radius 2 is 2.07 bits per heavy atom. The van der Waals surface area contributed by atoms with Crippen molar-refractivity contribution in [2.75, 3.05) is 13.2 Å². The SMILES string of the molecule is CC(CO[N+](=O)[O-])C1(CN)CCCCC1. The topological polar surface area (TPSA) is 78.4 Å². The maximum Gasteiger partial charge on any atom is 0.294 e. The van der Waals surface area contributed by atoms with Crippen LogP contribution in [0.25, 0.3) is 0 Å². The van der Waals surface area contributed by atoms with Crippen LogP contribution in [0.2, 0.25) is 0 Å².